The quantitative estimate of drug-likeness (QED) is 0.384. The van der Waals surface area contributed by atoms with Crippen molar-refractivity contribution in [2.75, 3.05) is 0 Å². The fourth-order valence-electron chi connectivity index (χ4n) is 2.00. The first-order valence-electron chi connectivity index (χ1n) is 6.55. The summed E-state index contributed by atoms with van der Waals surface area (Å²) in [5, 5.41) is 14.8. The van der Waals surface area contributed by atoms with E-state index >= 15 is 0 Å². The van der Waals surface area contributed by atoms with Crippen LogP contribution < -0.4 is 11.5 Å². The molecule has 0 spiro atoms. The number of hydrogen-bond acceptors (Lipinski definition) is 2. The summed E-state index contributed by atoms with van der Waals surface area (Å²) in [4.78, 5) is 0. The van der Waals surface area contributed by atoms with E-state index in [1.165, 1.54) is 0 Å². The molecule has 0 saturated carbocycles. The van der Waals surface area contributed by atoms with Gasteiger partial charge in [0.1, 0.15) is 11.7 Å². The van der Waals surface area contributed by atoms with Crippen molar-refractivity contribution in [2.45, 2.75) is 6.92 Å². The van der Waals surface area contributed by atoms with Gasteiger partial charge in [0.15, 0.2) is 0 Å². The van der Waals surface area contributed by atoms with Gasteiger partial charge in [0.25, 0.3) is 0 Å². The minimum Gasteiger partial charge on any atom is -0.384 e. The van der Waals surface area contributed by atoms with Crippen LogP contribution in [-0.2, 0) is 0 Å². The Morgan fingerprint density at radius 3 is 1.48 bits per heavy atom. The molecule has 0 radical (unpaired) electrons. The van der Waals surface area contributed by atoms with Crippen LogP contribution in [-0.4, -0.2) is 11.7 Å². The van der Waals surface area contributed by atoms with Crippen molar-refractivity contribution in [1.82, 2.24) is 0 Å². The fourth-order valence-corrected chi connectivity index (χ4v) is 2.00. The molecular formula is C17H20Cl2N4. The van der Waals surface area contributed by atoms with E-state index in [1.807, 2.05) is 55.5 Å². The molecule has 0 aliphatic carbocycles. The number of nitrogens with one attached hydrogen (secondary N) is 2. The highest BCUT2D eigenvalue weighted by Crippen LogP contribution is 2.18. The lowest BCUT2D eigenvalue weighted by Gasteiger charge is -2.05. The molecule has 4 nitrogen and oxygen atoms in total. The molecule has 0 amide bonds. The first-order valence-corrected chi connectivity index (χ1v) is 6.55. The van der Waals surface area contributed by atoms with Crippen LogP contribution in [0.5, 0.6) is 0 Å². The predicted octanol–water partition coefficient (Wildman–Crippen LogP) is 3.66. The first kappa shape index (κ1) is 20.7. The summed E-state index contributed by atoms with van der Waals surface area (Å²) in [5.74, 6) is 0.144. The van der Waals surface area contributed by atoms with Gasteiger partial charge in [-0.3, -0.25) is 10.8 Å². The van der Waals surface area contributed by atoms with Gasteiger partial charge in [0, 0.05) is 11.1 Å². The number of halogens is 2. The van der Waals surface area contributed by atoms with Crippen LogP contribution in [0.25, 0.3) is 11.6 Å². The molecule has 0 aliphatic heterocycles. The molecule has 0 saturated heterocycles. The smallest absolute Gasteiger partial charge is 0.122 e. The average Bonchev–Trinajstić information content (AvgIpc) is 2.47. The molecule has 122 valence electrons. The average molecular weight is 351 g/mol. The van der Waals surface area contributed by atoms with Gasteiger partial charge >= 0.3 is 0 Å². The Morgan fingerprint density at radius 2 is 1.09 bits per heavy atom. The maximum absolute atomic E-state index is 7.38. The lowest BCUT2D eigenvalue weighted by atomic mass is 10.0. The minimum absolute atomic E-state index is 0. The zero-order chi connectivity index (χ0) is 15.4. The summed E-state index contributed by atoms with van der Waals surface area (Å²) in [6, 6.07) is 15.1. The monoisotopic (exact) mass is 350 g/mol. The maximum atomic E-state index is 7.38. The van der Waals surface area contributed by atoms with Crippen LogP contribution >= 0.6 is 24.8 Å². The summed E-state index contributed by atoms with van der Waals surface area (Å²) < 4.78 is 0. The number of benzene rings is 2. The topological polar surface area (TPSA) is 99.7 Å². The van der Waals surface area contributed by atoms with Crippen molar-refractivity contribution < 1.29 is 0 Å². The van der Waals surface area contributed by atoms with E-state index in [-0.39, 0.29) is 36.5 Å². The van der Waals surface area contributed by atoms with Crippen LogP contribution in [0.2, 0.25) is 0 Å². The van der Waals surface area contributed by atoms with Crippen molar-refractivity contribution in [1.29, 1.82) is 10.8 Å². The van der Waals surface area contributed by atoms with E-state index in [0.717, 1.165) is 27.8 Å². The Balaban J connectivity index is 0.00000242. The number of nitrogen functional groups attached to an aromatic ring is 2. The molecule has 23 heavy (non-hydrogen) atoms. The highest BCUT2D eigenvalue weighted by molar-refractivity contribution is 5.96. The summed E-state index contributed by atoms with van der Waals surface area (Å²) in [6.07, 6.45) is 2.06. The van der Waals surface area contributed by atoms with Crippen molar-refractivity contribution in [3.8, 4) is 0 Å². The number of hydrogen-bond donors (Lipinski definition) is 4. The number of nitrogens with two attached hydrogens (primary N) is 2. The highest BCUT2D eigenvalue weighted by Gasteiger charge is 2.00. The van der Waals surface area contributed by atoms with Gasteiger partial charge in [-0.25, -0.2) is 0 Å². The van der Waals surface area contributed by atoms with Crippen LogP contribution in [0.3, 0.4) is 0 Å². The van der Waals surface area contributed by atoms with Crippen LogP contribution in [0.4, 0.5) is 0 Å². The molecule has 2 rings (SSSR count). The van der Waals surface area contributed by atoms with E-state index in [4.69, 9.17) is 22.3 Å². The molecule has 0 heterocycles. The molecule has 0 aromatic heterocycles. The number of rotatable bonds is 4. The maximum Gasteiger partial charge on any atom is 0.122 e. The molecule has 0 unspecified atom stereocenters. The van der Waals surface area contributed by atoms with Gasteiger partial charge in [-0.15, -0.1) is 24.8 Å². The Hall–Kier alpha value is -2.30. The number of amidine groups is 2. The van der Waals surface area contributed by atoms with Crippen molar-refractivity contribution in [2.24, 2.45) is 11.5 Å². The van der Waals surface area contributed by atoms with Gasteiger partial charge in [-0.1, -0.05) is 54.6 Å². The molecule has 0 bridgehead atoms. The Kier molecular flexibility index (Phi) is 8.08. The lowest BCUT2D eigenvalue weighted by Crippen LogP contribution is -2.10. The van der Waals surface area contributed by atoms with Gasteiger partial charge in [-0.05, 0) is 23.6 Å². The third kappa shape index (κ3) is 5.43. The normalized spacial score (nSPS) is 10.2. The van der Waals surface area contributed by atoms with E-state index in [1.54, 1.807) is 0 Å². The largest absolute Gasteiger partial charge is 0.384 e. The molecule has 2 aromatic carbocycles. The predicted molar refractivity (Wildman–Crippen MR) is 103 cm³/mol. The lowest BCUT2D eigenvalue weighted by molar-refractivity contribution is 1.42. The van der Waals surface area contributed by atoms with E-state index < -0.39 is 0 Å². The van der Waals surface area contributed by atoms with Crippen LogP contribution in [0.15, 0.2) is 48.5 Å². The molecule has 2 aromatic rings. The van der Waals surface area contributed by atoms with Gasteiger partial charge in [-0.2, -0.15) is 0 Å². The van der Waals surface area contributed by atoms with Crippen molar-refractivity contribution in [3.63, 3.8) is 0 Å². The van der Waals surface area contributed by atoms with Crippen molar-refractivity contribution in [3.05, 3.63) is 70.8 Å². The molecule has 0 fully saturated rings. The van der Waals surface area contributed by atoms with Crippen LogP contribution in [0, 0.1) is 10.8 Å². The second kappa shape index (κ2) is 8.98. The zero-order valence-corrected chi connectivity index (χ0v) is 14.3. The van der Waals surface area contributed by atoms with Gasteiger partial charge < -0.3 is 11.5 Å². The van der Waals surface area contributed by atoms with E-state index in [0.29, 0.717) is 0 Å². The Bertz CT molecular complexity index is 704. The zero-order valence-electron chi connectivity index (χ0n) is 12.7. The van der Waals surface area contributed by atoms with Gasteiger partial charge in [0.2, 0.25) is 0 Å². The molecule has 6 heteroatoms. The van der Waals surface area contributed by atoms with E-state index in [9.17, 15) is 0 Å². The summed E-state index contributed by atoms with van der Waals surface area (Å²) >= 11 is 0. The fraction of sp³-hybridized carbons (Fsp3) is 0.0588. The summed E-state index contributed by atoms with van der Waals surface area (Å²) in [5.41, 5.74) is 15.6. The van der Waals surface area contributed by atoms with Crippen molar-refractivity contribution >= 4 is 48.1 Å². The standard InChI is InChI=1S/C17H18N4.2ClH/c1-11(13-6-8-15(9-7-13)17(20)21)10-12-2-4-14(5-3-12)16(18)19;;/h2-10H,1H3,(H3,18,19)(H3,20,21);2*1H/b11-10-;;. The first-order chi connectivity index (χ1) is 9.97. The van der Waals surface area contributed by atoms with Gasteiger partial charge in [0.05, 0.1) is 0 Å². The second-order valence-corrected chi connectivity index (χ2v) is 4.85. The third-order valence-corrected chi connectivity index (χ3v) is 3.26. The third-order valence-electron chi connectivity index (χ3n) is 3.26. The highest BCUT2D eigenvalue weighted by atomic mass is 35.5. The Labute approximate surface area is 148 Å². The summed E-state index contributed by atoms with van der Waals surface area (Å²) in [6.45, 7) is 2.03. The van der Waals surface area contributed by atoms with E-state index in [2.05, 4.69) is 6.08 Å². The van der Waals surface area contributed by atoms with Crippen LogP contribution in [0.1, 0.15) is 29.2 Å². The molecule has 0 atom stereocenters. The second-order valence-electron chi connectivity index (χ2n) is 4.85. The SMILES string of the molecule is C/C(=C/c1ccc(C(=N)N)cc1)c1ccc(C(=N)N)cc1.Cl.Cl. The molecular weight excluding hydrogens is 331 g/mol. The Morgan fingerprint density at radius 1 is 0.739 bits per heavy atom. The summed E-state index contributed by atoms with van der Waals surface area (Å²) in [7, 11) is 0. The number of allylic oxidation sites excluding steroid dienone is 1. The molecule has 0 aliphatic rings. The minimum atomic E-state index is 0. The molecule has 6 N–H and O–H groups in total.